The van der Waals surface area contributed by atoms with Gasteiger partial charge in [0.25, 0.3) is 5.82 Å². The monoisotopic (exact) mass is 446 g/mol. The lowest BCUT2D eigenvalue weighted by molar-refractivity contribution is -0.377. The first kappa shape index (κ1) is 22.1. The van der Waals surface area contributed by atoms with Crippen LogP contribution in [0.25, 0.3) is 0 Å². The molecule has 4 aliphatic rings. The molecule has 0 radical (unpaired) electrons. The Morgan fingerprint density at radius 2 is 2.12 bits per heavy atom. The quantitative estimate of drug-likeness (QED) is 0.567. The van der Waals surface area contributed by atoms with Crippen LogP contribution in [0, 0.1) is 17.8 Å². The third kappa shape index (κ3) is 5.29. The van der Waals surface area contributed by atoms with Crippen LogP contribution < -0.4 is 10.3 Å². The van der Waals surface area contributed by atoms with Crippen molar-refractivity contribution in [1.29, 1.82) is 0 Å². The maximum absolute atomic E-state index is 11.5. The van der Waals surface area contributed by atoms with E-state index in [4.69, 9.17) is 0 Å². The van der Waals surface area contributed by atoms with Gasteiger partial charge in [-0.05, 0) is 67.6 Å². The van der Waals surface area contributed by atoms with Gasteiger partial charge in [0.05, 0.1) is 19.0 Å². The third-order valence-electron chi connectivity index (χ3n) is 7.81. The Labute approximate surface area is 196 Å². The molecule has 4 unspecified atom stereocenters. The Bertz CT molecular complexity index is 1010. The van der Waals surface area contributed by atoms with Gasteiger partial charge < -0.3 is 5.11 Å². The van der Waals surface area contributed by atoms with Crippen molar-refractivity contribution in [3.63, 3.8) is 0 Å². The lowest BCUT2D eigenvalue weighted by Gasteiger charge is -2.26. The Morgan fingerprint density at radius 1 is 1.21 bits per heavy atom. The molecule has 4 atom stereocenters. The molecular weight excluding hydrogens is 410 g/mol. The second-order valence-corrected chi connectivity index (χ2v) is 10.2. The number of nitrogens with one attached hydrogen (secondary N) is 2. The fourth-order valence-electron chi connectivity index (χ4n) is 5.95. The molecule has 0 fully saturated rings. The van der Waals surface area contributed by atoms with E-state index in [0.29, 0.717) is 0 Å². The van der Waals surface area contributed by atoms with Crippen LogP contribution in [0.15, 0.2) is 47.0 Å². The number of carboxylic acid groups (broad SMARTS) is 1. The molecule has 5 heteroatoms. The summed E-state index contributed by atoms with van der Waals surface area (Å²) in [7, 11) is 0. The van der Waals surface area contributed by atoms with Crippen molar-refractivity contribution in [3.8, 4) is 0 Å². The number of aromatic nitrogens is 1. The van der Waals surface area contributed by atoms with E-state index in [2.05, 4.69) is 45.7 Å². The largest absolute Gasteiger partial charge is 0.481 e. The number of allylic oxidation sites excluding steroid dienone is 3. The van der Waals surface area contributed by atoms with Crippen molar-refractivity contribution < 1.29 is 14.9 Å². The van der Waals surface area contributed by atoms with Gasteiger partial charge in [-0.1, -0.05) is 43.2 Å². The summed E-state index contributed by atoms with van der Waals surface area (Å²) in [4.78, 5) is 19.9. The molecule has 0 aromatic carbocycles. The van der Waals surface area contributed by atoms with Crippen LogP contribution in [-0.2, 0) is 24.1 Å². The fourth-order valence-corrected chi connectivity index (χ4v) is 5.95. The maximum Gasteiger partial charge on any atom is 0.303 e. The molecule has 3 N–H and O–H groups in total. The number of rotatable bonds is 8. The number of carbonyl (C=O) groups is 1. The molecule has 5 nitrogen and oxygen atoms in total. The third-order valence-corrected chi connectivity index (χ3v) is 7.81. The molecule has 174 valence electrons. The zero-order valence-corrected chi connectivity index (χ0v) is 19.4. The molecule has 2 aliphatic carbocycles. The highest BCUT2D eigenvalue weighted by Gasteiger charge is 2.27. The summed E-state index contributed by atoms with van der Waals surface area (Å²) in [6.07, 6.45) is 23.2. The molecule has 2 aliphatic heterocycles. The lowest BCUT2D eigenvalue weighted by atomic mass is 9.81. The molecule has 0 saturated carbocycles. The summed E-state index contributed by atoms with van der Waals surface area (Å²) in [6, 6.07) is 2.61. The molecular formula is C28H36N3O2+. The van der Waals surface area contributed by atoms with Gasteiger partial charge in [-0.3, -0.25) is 15.1 Å². The number of anilines is 1. The van der Waals surface area contributed by atoms with E-state index in [1.165, 1.54) is 61.2 Å². The van der Waals surface area contributed by atoms with E-state index in [9.17, 15) is 9.90 Å². The van der Waals surface area contributed by atoms with E-state index in [0.717, 1.165) is 37.3 Å². The minimum absolute atomic E-state index is 0.0597. The number of aromatic amines is 1. The number of hydrogen-bond acceptors (Lipinski definition) is 3. The Morgan fingerprint density at radius 3 is 3.03 bits per heavy atom. The van der Waals surface area contributed by atoms with Crippen LogP contribution >= 0.6 is 0 Å². The van der Waals surface area contributed by atoms with Crippen molar-refractivity contribution in [2.45, 2.75) is 70.3 Å². The predicted octanol–water partition coefficient (Wildman–Crippen LogP) is 4.74. The number of fused-ring (bicyclic) bond motifs is 3. The van der Waals surface area contributed by atoms with E-state index >= 15 is 0 Å². The van der Waals surface area contributed by atoms with Crippen LogP contribution in [0.5, 0.6) is 0 Å². The molecule has 0 spiro atoms. The zero-order chi connectivity index (χ0) is 22.6. The fraction of sp³-hybridized carbons (Fsp3) is 0.536. The number of hydrogen-bond donors (Lipinski definition) is 2. The van der Waals surface area contributed by atoms with Gasteiger partial charge in [0.1, 0.15) is 5.69 Å². The summed E-state index contributed by atoms with van der Waals surface area (Å²) >= 11 is 0. The van der Waals surface area contributed by atoms with Crippen molar-refractivity contribution in [2.24, 2.45) is 22.7 Å². The average Bonchev–Trinajstić information content (AvgIpc) is 2.84. The number of nitrogens with zero attached hydrogens (tertiary/aromatic N) is 1. The minimum atomic E-state index is -0.716. The van der Waals surface area contributed by atoms with Crippen molar-refractivity contribution in [1.82, 2.24) is 0 Å². The summed E-state index contributed by atoms with van der Waals surface area (Å²) in [5, 5.41) is 13.0. The standard InChI is InChI=1S/C28H35N3O2/c32-27(33)17-20(24-16-21-8-3-4-10-25(21)30-18-24)7-2-1-6-19-11-12-22-15-23-9-5-13-29-28(23)31-26(22)14-19/h3-4,8,10,15-16,18-21,25H,1-2,5-7,9,11-14,17H2,(H,29,31)(H,32,33)/p+1. The van der Waals surface area contributed by atoms with Crippen molar-refractivity contribution in [3.05, 3.63) is 58.8 Å². The van der Waals surface area contributed by atoms with E-state index < -0.39 is 5.97 Å². The van der Waals surface area contributed by atoms with Gasteiger partial charge in [-0.15, -0.1) is 0 Å². The topological polar surface area (TPSA) is 75.8 Å². The summed E-state index contributed by atoms with van der Waals surface area (Å²) in [6.45, 7) is 1.07. The summed E-state index contributed by atoms with van der Waals surface area (Å²) in [5.74, 6) is 1.58. The predicted molar refractivity (Wildman–Crippen MR) is 132 cm³/mol. The number of dihydropyridines is 1. The Balaban J connectivity index is 1.14. The summed E-state index contributed by atoms with van der Waals surface area (Å²) < 4.78 is 0. The molecule has 1 aromatic heterocycles. The molecule has 5 rings (SSSR count). The number of unbranched alkanes of at least 4 members (excludes halogenated alkanes) is 1. The van der Waals surface area contributed by atoms with Gasteiger partial charge in [0.15, 0.2) is 0 Å². The van der Waals surface area contributed by atoms with Gasteiger partial charge in [0.2, 0.25) is 0 Å². The van der Waals surface area contributed by atoms with Gasteiger partial charge >= 0.3 is 5.97 Å². The van der Waals surface area contributed by atoms with Crippen LogP contribution in [0.3, 0.4) is 0 Å². The average molecular weight is 447 g/mol. The molecule has 33 heavy (non-hydrogen) atoms. The summed E-state index contributed by atoms with van der Waals surface area (Å²) in [5.41, 5.74) is 5.51. The minimum Gasteiger partial charge on any atom is -0.481 e. The van der Waals surface area contributed by atoms with E-state index in [1.807, 2.05) is 12.3 Å². The number of aryl methyl sites for hydroxylation is 2. The highest BCUT2D eigenvalue weighted by Crippen LogP contribution is 2.32. The second-order valence-electron chi connectivity index (χ2n) is 10.2. The zero-order valence-electron chi connectivity index (χ0n) is 19.4. The van der Waals surface area contributed by atoms with Crippen LogP contribution in [0.1, 0.15) is 61.8 Å². The number of aliphatic imine (C=N–C) groups is 1. The van der Waals surface area contributed by atoms with Gasteiger partial charge in [0, 0.05) is 24.1 Å². The normalized spacial score (nSPS) is 25.9. The van der Waals surface area contributed by atoms with Crippen molar-refractivity contribution in [2.75, 3.05) is 11.9 Å². The Hall–Kier alpha value is -2.69. The first-order valence-electron chi connectivity index (χ1n) is 12.8. The number of carboxylic acids is 1. The highest BCUT2D eigenvalue weighted by molar-refractivity contribution is 5.82. The molecule has 1 aromatic rings. The number of H-pyrrole nitrogens is 1. The molecule has 0 saturated heterocycles. The smallest absolute Gasteiger partial charge is 0.303 e. The maximum atomic E-state index is 11.5. The van der Waals surface area contributed by atoms with Crippen LogP contribution in [0.4, 0.5) is 5.82 Å². The SMILES string of the molecule is O=C(O)CC(CCCCC1CCc2cc3c([nH+]c2C1)NCCC3)C1=CC2C=CC=CC2N=C1. The molecule has 0 bridgehead atoms. The lowest BCUT2D eigenvalue weighted by Crippen LogP contribution is -2.30. The Kier molecular flexibility index (Phi) is 6.75. The molecule has 3 heterocycles. The van der Waals surface area contributed by atoms with Crippen molar-refractivity contribution >= 4 is 18.0 Å². The molecule has 0 amide bonds. The number of aliphatic carboxylic acids is 1. The van der Waals surface area contributed by atoms with Crippen LogP contribution in [0.2, 0.25) is 0 Å². The van der Waals surface area contributed by atoms with Crippen LogP contribution in [-0.4, -0.2) is 29.9 Å². The highest BCUT2D eigenvalue weighted by atomic mass is 16.4. The van der Waals surface area contributed by atoms with Gasteiger partial charge in [-0.2, -0.15) is 0 Å². The van der Waals surface area contributed by atoms with E-state index in [1.54, 1.807) is 0 Å². The van der Waals surface area contributed by atoms with Gasteiger partial charge in [-0.25, -0.2) is 4.98 Å². The van der Waals surface area contributed by atoms with E-state index in [-0.39, 0.29) is 24.3 Å². The number of pyridine rings is 1. The first-order chi connectivity index (χ1) is 16.2. The first-order valence-corrected chi connectivity index (χ1v) is 12.8. The second kappa shape index (κ2) is 10.1.